The number of fused-ring (bicyclic) bond motifs is 2. The highest BCUT2D eigenvalue weighted by Crippen LogP contribution is 2.34. The summed E-state index contributed by atoms with van der Waals surface area (Å²) in [4.78, 5) is 13.1. The Morgan fingerprint density at radius 3 is 2.27 bits per heavy atom. The second-order valence-corrected chi connectivity index (χ2v) is 7.01. The van der Waals surface area contributed by atoms with Crippen molar-refractivity contribution in [3.05, 3.63) is 83.3 Å². The monoisotopic (exact) mass is 399 g/mol. The summed E-state index contributed by atoms with van der Waals surface area (Å²) in [6, 6.07) is 26.5. The van der Waals surface area contributed by atoms with Crippen molar-refractivity contribution in [3.8, 4) is 22.6 Å². The lowest BCUT2D eigenvalue weighted by atomic mass is 10.0. The molecule has 0 bridgehead atoms. The maximum atomic E-state index is 4.87. The Kier molecular flexibility index (Phi) is 3.57. The summed E-state index contributed by atoms with van der Waals surface area (Å²) in [5.41, 5.74) is 5.99. The summed E-state index contributed by atoms with van der Waals surface area (Å²) < 4.78 is 1.03. The third-order valence-electron chi connectivity index (χ3n) is 4.51. The molecule has 0 fully saturated rings. The number of rotatable bonds is 2. The Labute approximate surface area is 158 Å². The van der Waals surface area contributed by atoms with Gasteiger partial charge in [0.05, 0.1) is 22.2 Å². The largest absolute Gasteiger partial charge is 0.338 e. The summed E-state index contributed by atoms with van der Waals surface area (Å²) >= 11 is 3.64. The van der Waals surface area contributed by atoms with Gasteiger partial charge in [0.1, 0.15) is 5.82 Å². The Bertz CT molecular complexity index is 1220. The summed E-state index contributed by atoms with van der Waals surface area (Å²) in [6.07, 6.45) is 0. The molecule has 5 aromatic rings. The zero-order valence-electron chi connectivity index (χ0n) is 13.8. The average Bonchev–Trinajstić information content (AvgIpc) is 3.11. The maximum absolute atomic E-state index is 4.87. The molecular weight excluding hydrogens is 386 g/mol. The lowest BCUT2D eigenvalue weighted by Crippen LogP contribution is -1.91. The van der Waals surface area contributed by atoms with Gasteiger partial charge in [0.25, 0.3) is 0 Å². The molecule has 0 saturated heterocycles. The topological polar surface area (TPSA) is 41.6 Å². The molecule has 0 unspecified atom stereocenters. The fourth-order valence-electron chi connectivity index (χ4n) is 3.26. The average molecular weight is 400 g/mol. The number of halogens is 1. The van der Waals surface area contributed by atoms with Gasteiger partial charge in [0.2, 0.25) is 0 Å². The fourth-order valence-corrected chi connectivity index (χ4v) is 3.75. The molecule has 0 atom stereocenters. The van der Waals surface area contributed by atoms with Gasteiger partial charge < -0.3 is 4.98 Å². The summed E-state index contributed by atoms with van der Waals surface area (Å²) in [7, 11) is 0. The van der Waals surface area contributed by atoms with Gasteiger partial charge >= 0.3 is 0 Å². The molecule has 2 heterocycles. The van der Waals surface area contributed by atoms with E-state index in [0.717, 1.165) is 49.1 Å². The van der Waals surface area contributed by atoms with E-state index in [1.165, 1.54) is 0 Å². The number of hydrogen-bond acceptors (Lipinski definition) is 2. The molecule has 0 amide bonds. The van der Waals surface area contributed by atoms with Gasteiger partial charge in [0, 0.05) is 21.0 Å². The molecule has 124 valence electrons. The Morgan fingerprint density at radius 1 is 0.692 bits per heavy atom. The van der Waals surface area contributed by atoms with Crippen LogP contribution in [0, 0.1) is 0 Å². The molecule has 0 saturated carbocycles. The third-order valence-corrected chi connectivity index (χ3v) is 5.20. The molecule has 26 heavy (non-hydrogen) atoms. The van der Waals surface area contributed by atoms with Crippen LogP contribution < -0.4 is 0 Å². The van der Waals surface area contributed by atoms with Crippen molar-refractivity contribution in [1.82, 2.24) is 15.0 Å². The first kappa shape index (κ1) is 15.3. The van der Waals surface area contributed by atoms with Gasteiger partial charge in [-0.25, -0.2) is 9.97 Å². The predicted molar refractivity (Wildman–Crippen MR) is 110 cm³/mol. The van der Waals surface area contributed by atoms with Crippen LogP contribution in [0.25, 0.3) is 44.6 Å². The van der Waals surface area contributed by atoms with Crippen molar-refractivity contribution in [2.45, 2.75) is 0 Å². The minimum absolute atomic E-state index is 0.859. The number of aromatic amines is 1. The number of pyridine rings is 1. The molecule has 0 spiro atoms. The van der Waals surface area contributed by atoms with Crippen LogP contribution in [0.2, 0.25) is 0 Å². The molecule has 0 aliphatic carbocycles. The van der Waals surface area contributed by atoms with Crippen molar-refractivity contribution in [2.75, 3.05) is 0 Å². The highest BCUT2D eigenvalue weighted by atomic mass is 79.9. The normalized spacial score (nSPS) is 11.3. The number of hydrogen-bond donors (Lipinski definition) is 1. The molecule has 0 radical (unpaired) electrons. The first-order valence-electron chi connectivity index (χ1n) is 8.39. The van der Waals surface area contributed by atoms with E-state index in [4.69, 9.17) is 9.97 Å². The Morgan fingerprint density at radius 2 is 1.42 bits per heavy atom. The highest BCUT2D eigenvalue weighted by Gasteiger charge is 2.13. The summed E-state index contributed by atoms with van der Waals surface area (Å²) in [6.45, 7) is 0. The first-order chi connectivity index (χ1) is 12.8. The lowest BCUT2D eigenvalue weighted by molar-refractivity contribution is 1.32. The quantitative estimate of drug-likeness (QED) is 0.383. The highest BCUT2D eigenvalue weighted by molar-refractivity contribution is 9.10. The lowest BCUT2D eigenvalue weighted by Gasteiger charge is -2.09. The van der Waals surface area contributed by atoms with Crippen LogP contribution in [0.3, 0.4) is 0 Å². The minimum atomic E-state index is 0.859. The SMILES string of the molecule is Brc1ccccc1-c1cc(-c2nc3ccccc3[nH]2)c2ccccc2n1. The van der Waals surface area contributed by atoms with E-state index in [2.05, 4.69) is 39.1 Å². The molecule has 3 aromatic carbocycles. The van der Waals surface area contributed by atoms with E-state index in [0.29, 0.717) is 0 Å². The molecule has 5 rings (SSSR count). The van der Waals surface area contributed by atoms with Crippen LogP contribution in [0.5, 0.6) is 0 Å². The van der Waals surface area contributed by atoms with Crippen molar-refractivity contribution >= 4 is 37.9 Å². The van der Waals surface area contributed by atoms with Crippen LogP contribution in [0.15, 0.2) is 83.3 Å². The van der Waals surface area contributed by atoms with Gasteiger partial charge in [-0.3, -0.25) is 0 Å². The molecule has 1 N–H and O–H groups in total. The number of benzene rings is 3. The molecule has 4 heteroatoms. The van der Waals surface area contributed by atoms with E-state index in [1.807, 2.05) is 60.7 Å². The molecule has 0 aliphatic heterocycles. The second-order valence-electron chi connectivity index (χ2n) is 6.15. The predicted octanol–water partition coefficient (Wildman–Crippen LogP) is 6.21. The number of H-pyrrole nitrogens is 1. The van der Waals surface area contributed by atoms with Gasteiger partial charge in [-0.05, 0) is 30.3 Å². The van der Waals surface area contributed by atoms with Crippen LogP contribution >= 0.6 is 15.9 Å². The van der Waals surface area contributed by atoms with Gasteiger partial charge in [-0.15, -0.1) is 0 Å². The summed E-state index contributed by atoms with van der Waals surface area (Å²) in [5, 5.41) is 1.09. The zero-order valence-corrected chi connectivity index (χ0v) is 15.4. The zero-order chi connectivity index (χ0) is 17.5. The molecule has 3 nitrogen and oxygen atoms in total. The van der Waals surface area contributed by atoms with E-state index in [9.17, 15) is 0 Å². The number of para-hydroxylation sites is 3. The molecule has 0 aliphatic rings. The van der Waals surface area contributed by atoms with Crippen LogP contribution in [-0.4, -0.2) is 15.0 Å². The minimum Gasteiger partial charge on any atom is -0.338 e. The van der Waals surface area contributed by atoms with E-state index < -0.39 is 0 Å². The van der Waals surface area contributed by atoms with Crippen LogP contribution in [-0.2, 0) is 0 Å². The number of imidazole rings is 1. The Hall–Kier alpha value is -2.98. The van der Waals surface area contributed by atoms with E-state index in [-0.39, 0.29) is 0 Å². The van der Waals surface area contributed by atoms with Gasteiger partial charge in [-0.2, -0.15) is 0 Å². The number of nitrogens with one attached hydrogen (secondary N) is 1. The molecule has 2 aromatic heterocycles. The number of aromatic nitrogens is 3. The standard InChI is InChI=1S/C22H14BrN3/c23-17-9-3-1-8-15(17)21-13-16(14-7-2-4-10-18(14)24-21)22-25-19-11-5-6-12-20(19)26-22/h1-13H,(H,25,26). The van der Waals surface area contributed by atoms with Crippen molar-refractivity contribution in [3.63, 3.8) is 0 Å². The Balaban J connectivity index is 1.82. The van der Waals surface area contributed by atoms with Crippen LogP contribution in [0.4, 0.5) is 0 Å². The van der Waals surface area contributed by atoms with Crippen molar-refractivity contribution in [2.24, 2.45) is 0 Å². The maximum Gasteiger partial charge on any atom is 0.139 e. The smallest absolute Gasteiger partial charge is 0.139 e. The van der Waals surface area contributed by atoms with Gasteiger partial charge in [-0.1, -0.05) is 64.5 Å². The van der Waals surface area contributed by atoms with Crippen molar-refractivity contribution in [1.29, 1.82) is 0 Å². The number of nitrogens with zero attached hydrogens (tertiary/aromatic N) is 2. The first-order valence-corrected chi connectivity index (χ1v) is 9.19. The summed E-state index contributed by atoms with van der Waals surface area (Å²) in [5.74, 6) is 0.859. The van der Waals surface area contributed by atoms with Crippen LogP contribution in [0.1, 0.15) is 0 Å². The van der Waals surface area contributed by atoms with E-state index in [1.54, 1.807) is 0 Å². The third kappa shape index (κ3) is 2.50. The second kappa shape index (κ2) is 6.07. The van der Waals surface area contributed by atoms with Crippen molar-refractivity contribution < 1.29 is 0 Å². The van der Waals surface area contributed by atoms with Gasteiger partial charge in [0.15, 0.2) is 0 Å². The molecular formula is C22H14BrN3. The van der Waals surface area contributed by atoms with E-state index >= 15 is 0 Å². The fraction of sp³-hybridized carbons (Fsp3) is 0.